The molecule has 4 heteroatoms. The predicted octanol–water partition coefficient (Wildman–Crippen LogP) is 4.17. The Labute approximate surface area is 181 Å². The Kier molecular flexibility index (Phi) is 5.43. The van der Waals surface area contributed by atoms with E-state index in [0.717, 1.165) is 63.9 Å². The fourth-order valence-electron chi connectivity index (χ4n) is 7.97. The first-order valence-electron chi connectivity index (χ1n) is 12.1. The summed E-state index contributed by atoms with van der Waals surface area (Å²) in [5, 5.41) is 3.50. The highest BCUT2D eigenvalue weighted by Gasteiger charge is 2.63. The zero-order valence-corrected chi connectivity index (χ0v) is 18.4. The van der Waals surface area contributed by atoms with Gasteiger partial charge in [-0.15, -0.1) is 0 Å². The summed E-state index contributed by atoms with van der Waals surface area (Å²) in [6.07, 6.45) is 11.0. The van der Waals surface area contributed by atoms with Crippen LogP contribution in [0.2, 0.25) is 0 Å². The molecule has 5 fully saturated rings. The van der Waals surface area contributed by atoms with Crippen molar-refractivity contribution >= 4 is 5.91 Å². The topological polar surface area (TPSA) is 64.3 Å². The van der Waals surface area contributed by atoms with E-state index in [1.54, 1.807) is 0 Å². The molecular weight excluding hydrogens is 372 g/mol. The Bertz CT molecular complexity index is 740. The van der Waals surface area contributed by atoms with Crippen molar-refractivity contribution in [1.29, 1.82) is 0 Å². The molecule has 0 aliphatic heterocycles. The van der Waals surface area contributed by atoms with Crippen LogP contribution in [-0.2, 0) is 14.9 Å². The SMILES string of the molecule is COCCC1C2CC3(C(=O)NC4CCC(N)CC4)CC1CC(c1ccccc1)(C2)C3. The highest BCUT2D eigenvalue weighted by molar-refractivity contribution is 5.84. The van der Waals surface area contributed by atoms with Gasteiger partial charge < -0.3 is 15.8 Å². The van der Waals surface area contributed by atoms with Crippen LogP contribution in [0.1, 0.15) is 69.8 Å². The number of hydrogen-bond donors (Lipinski definition) is 2. The minimum atomic E-state index is -0.176. The molecule has 0 radical (unpaired) electrons. The normalized spacial score (nSPS) is 42.3. The zero-order valence-electron chi connectivity index (χ0n) is 18.4. The van der Waals surface area contributed by atoms with Crippen LogP contribution >= 0.6 is 0 Å². The smallest absolute Gasteiger partial charge is 0.226 e. The van der Waals surface area contributed by atoms with Gasteiger partial charge in [0.2, 0.25) is 5.91 Å². The molecule has 6 rings (SSSR count). The van der Waals surface area contributed by atoms with Crippen LogP contribution < -0.4 is 11.1 Å². The van der Waals surface area contributed by atoms with Crippen molar-refractivity contribution in [3.63, 3.8) is 0 Å². The van der Waals surface area contributed by atoms with E-state index in [-0.39, 0.29) is 10.8 Å². The first kappa shape index (κ1) is 20.5. The van der Waals surface area contributed by atoms with Gasteiger partial charge in [0.25, 0.3) is 0 Å². The average molecular weight is 411 g/mol. The van der Waals surface area contributed by atoms with Crippen LogP contribution in [0.15, 0.2) is 30.3 Å². The Hall–Kier alpha value is -1.39. The summed E-state index contributed by atoms with van der Waals surface area (Å²) in [6.45, 7) is 0.845. The largest absolute Gasteiger partial charge is 0.385 e. The molecule has 5 aliphatic rings. The molecule has 2 unspecified atom stereocenters. The maximum absolute atomic E-state index is 13.8. The van der Waals surface area contributed by atoms with Gasteiger partial charge in [-0.2, -0.15) is 0 Å². The molecule has 164 valence electrons. The predicted molar refractivity (Wildman–Crippen MR) is 119 cm³/mol. The third-order valence-electron chi connectivity index (χ3n) is 9.13. The van der Waals surface area contributed by atoms with Gasteiger partial charge in [-0.25, -0.2) is 0 Å². The molecule has 0 saturated heterocycles. The van der Waals surface area contributed by atoms with E-state index in [2.05, 4.69) is 35.6 Å². The Morgan fingerprint density at radius 2 is 1.73 bits per heavy atom. The van der Waals surface area contributed by atoms with Crippen molar-refractivity contribution < 1.29 is 9.53 Å². The summed E-state index contributed by atoms with van der Waals surface area (Å²) in [5.41, 5.74) is 7.56. The van der Waals surface area contributed by atoms with E-state index in [1.807, 2.05) is 7.11 Å². The van der Waals surface area contributed by atoms with Crippen LogP contribution in [0.4, 0.5) is 0 Å². The molecule has 1 aromatic rings. The van der Waals surface area contributed by atoms with E-state index in [1.165, 1.54) is 18.4 Å². The molecule has 0 aromatic heterocycles. The number of carbonyl (C=O) groups is 1. The summed E-state index contributed by atoms with van der Waals surface area (Å²) >= 11 is 0. The van der Waals surface area contributed by atoms with Gasteiger partial charge >= 0.3 is 0 Å². The highest BCUT2D eigenvalue weighted by atomic mass is 16.5. The molecule has 0 heterocycles. The zero-order chi connectivity index (χ0) is 20.8. The van der Waals surface area contributed by atoms with Crippen molar-refractivity contribution in [2.75, 3.05) is 13.7 Å². The molecule has 4 bridgehead atoms. The number of benzene rings is 1. The monoisotopic (exact) mass is 410 g/mol. The Morgan fingerprint density at radius 1 is 1.07 bits per heavy atom. The quantitative estimate of drug-likeness (QED) is 0.740. The second-order valence-corrected chi connectivity index (χ2v) is 11.0. The highest BCUT2D eigenvalue weighted by Crippen LogP contribution is 2.68. The lowest BCUT2D eigenvalue weighted by Crippen LogP contribution is -2.62. The lowest BCUT2D eigenvalue weighted by Gasteiger charge is -2.64. The van der Waals surface area contributed by atoms with Gasteiger partial charge in [0.1, 0.15) is 0 Å². The number of nitrogens with two attached hydrogens (primary N) is 1. The minimum absolute atomic E-state index is 0.176. The lowest BCUT2D eigenvalue weighted by molar-refractivity contribution is -0.159. The third kappa shape index (κ3) is 3.50. The van der Waals surface area contributed by atoms with Gasteiger partial charge in [-0.1, -0.05) is 30.3 Å². The second kappa shape index (κ2) is 7.94. The summed E-state index contributed by atoms with van der Waals surface area (Å²) in [6, 6.07) is 11.7. The molecule has 3 N–H and O–H groups in total. The van der Waals surface area contributed by atoms with E-state index < -0.39 is 0 Å². The summed E-state index contributed by atoms with van der Waals surface area (Å²) in [4.78, 5) is 13.8. The Morgan fingerprint density at radius 3 is 2.37 bits per heavy atom. The molecule has 5 aliphatic carbocycles. The van der Waals surface area contributed by atoms with Gasteiger partial charge in [-0.05, 0) is 92.9 Å². The van der Waals surface area contributed by atoms with Crippen molar-refractivity contribution in [3.05, 3.63) is 35.9 Å². The molecule has 30 heavy (non-hydrogen) atoms. The van der Waals surface area contributed by atoms with Crippen LogP contribution in [0.3, 0.4) is 0 Å². The second-order valence-electron chi connectivity index (χ2n) is 11.0. The van der Waals surface area contributed by atoms with Crippen LogP contribution in [0.25, 0.3) is 0 Å². The summed E-state index contributed by atoms with van der Waals surface area (Å²) in [5.74, 6) is 2.36. The average Bonchev–Trinajstić information content (AvgIpc) is 2.75. The standard InChI is InChI=1S/C26H38N2O2/c1-30-12-11-23-18-13-25(20-5-3-2-4-6-20)14-19(23)16-26(15-18,17-25)24(29)28-22-9-7-21(27)8-10-22/h2-6,18-19,21-23H,7-17,27H2,1H3,(H,28,29). The minimum Gasteiger partial charge on any atom is -0.385 e. The van der Waals surface area contributed by atoms with E-state index in [0.29, 0.717) is 29.8 Å². The van der Waals surface area contributed by atoms with Crippen LogP contribution in [-0.4, -0.2) is 31.7 Å². The molecule has 5 saturated carbocycles. The maximum atomic E-state index is 13.8. The number of ether oxygens (including phenoxy) is 1. The number of nitrogens with one attached hydrogen (secondary N) is 1. The lowest BCUT2D eigenvalue weighted by atomic mass is 9.39. The third-order valence-corrected chi connectivity index (χ3v) is 9.13. The Balaban J connectivity index is 1.41. The molecular formula is C26H38N2O2. The maximum Gasteiger partial charge on any atom is 0.226 e. The van der Waals surface area contributed by atoms with Crippen LogP contribution in [0, 0.1) is 23.2 Å². The first-order valence-corrected chi connectivity index (χ1v) is 12.1. The number of carbonyl (C=O) groups excluding carboxylic acids is 1. The molecule has 4 nitrogen and oxygen atoms in total. The van der Waals surface area contributed by atoms with Gasteiger partial charge in [-0.3, -0.25) is 4.79 Å². The summed E-state index contributed by atoms with van der Waals surface area (Å²) in [7, 11) is 1.81. The van der Waals surface area contributed by atoms with Crippen molar-refractivity contribution in [2.45, 2.75) is 81.7 Å². The van der Waals surface area contributed by atoms with Gasteiger partial charge in [0, 0.05) is 25.8 Å². The molecule has 2 atom stereocenters. The fraction of sp³-hybridized carbons (Fsp3) is 0.731. The number of methoxy groups -OCH3 is 1. The van der Waals surface area contributed by atoms with Crippen molar-refractivity contribution in [1.82, 2.24) is 5.32 Å². The fourth-order valence-corrected chi connectivity index (χ4v) is 7.97. The van der Waals surface area contributed by atoms with E-state index in [4.69, 9.17) is 10.5 Å². The number of amides is 1. The van der Waals surface area contributed by atoms with E-state index in [9.17, 15) is 4.79 Å². The number of hydrogen-bond acceptors (Lipinski definition) is 3. The first-order chi connectivity index (χ1) is 14.5. The molecule has 0 spiro atoms. The molecule has 1 amide bonds. The number of rotatable bonds is 6. The summed E-state index contributed by atoms with van der Waals surface area (Å²) < 4.78 is 5.45. The van der Waals surface area contributed by atoms with Gasteiger partial charge in [0.05, 0.1) is 5.41 Å². The van der Waals surface area contributed by atoms with Crippen molar-refractivity contribution in [2.24, 2.45) is 28.9 Å². The van der Waals surface area contributed by atoms with Crippen LogP contribution in [0.5, 0.6) is 0 Å². The van der Waals surface area contributed by atoms with E-state index >= 15 is 0 Å². The van der Waals surface area contributed by atoms with Crippen molar-refractivity contribution in [3.8, 4) is 0 Å². The molecule has 1 aromatic carbocycles. The van der Waals surface area contributed by atoms with Gasteiger partial charge in [0.15, 0.2) is 0 Å².